The van der Waals surface area contributed by atoms with Crippen molar-refractivity contribution in [2.75, 3.05) is 6.54 Å². The molecular formula is C20H21NO3. The van der Waals surface area contributed by atoms with Crippen molar-refractivity contribution in [3.05, 3.63) is 78.4 Å². The molecule has 0 saturated carbocycles. The highest BCUT2D eigenvalue weighted by atomic mass is 16.5. The predicted molar refractivity (Wildman–Crippen MR) is 94.2 cm³/mol. The van der Waals surface area contributed by atoms with Gasteiger partial charge in [-0.3, -0.25) is 10.1 Å². The molecule has 1 N–H and O–H groups in total. The summed E-state index contributed by atoms with van der Waals surface area (Å²) in [5.41, 5.74) is 0.342. The molecule has 0 aromatic heterocycles. The van der Waals surface area contributed by atoms with E-state index in [2.05, 4.69) is 11.9 Å². The fourth-order valence-corrected chi connectivity index (χ4v) is 2.06. The molecule has 0 atom stereocenters. The van der Waals surface area contributed by atoms with Gasteiger partial charge in [-0.05, 0) is 38.1 Å². The van der Waals surface area contributed by atoms with E-state index in [1.807, 2.05) is 18.2 Å². The molecule has 0 spiro atoms. The number of carbonyl (C=O) groups excluding carboxylic acids is 2. The zero-order chi connectivity index (χ0) is 17.6. The minimum absolute atomic E-state index is 0.0681. The molecule has 2 aromatic carbocycles. The molecule has 0 amide bonds. The molecule has 2 rings (SSSR count). The van der Waals surface area contributed by atoms with E-state index in [0.717, 1.165) is 0 Å². The van der Waals surface area contributed by atoms with Crippen molar-refractivity contribution in [2.24, 2.45) is 0 Å². The average molecular weight is 323 g/mol. The maximum Gasteiger partial charge on any atom is 0.331 e. The van der Waals surface area contributed by atoms with Gasteiger partial charge in [0.05, 0.1) is 0 Å². The molecule has 0 aliphatic rings. The van der Waals surface area contributed by atoms with Crippen molar-refractivity contribution < 1.29 is 14.3 Å². The van der Waals surface area contributed by atoms with Crippen LogP contribution in [0.2, 0.25) is 0 Å². The van der Waals surface area contributed by atoms with Crippen molar-refractivity contribution in [3.63, 3.8) is 0 Å². The molecule has 0 heterocycles. The second kappa shape index (κ2) is 7.70. The van der Waals surface area contributed by atoms with Crippen LogP contribution in [0.5, 0.6) is 5.75 Å². The Balaban J connectivity index is 2.06. The lowest BCUT2D eigenvalue weighted by atomic mass is 10.0. The fraction of sp³-hybridized carbons (Fsp3) is 0.200. The van der Waals surface area contributed by atoms with Gasteiger partial charge in [-0.2, -0.15) is 0 Å². The van der Waals surface area contributed by atoms with Gasteiger partial charge in [0.25, 0.3) is 0 Å². The lowest BCUT2D eigenvalue weighted by molar-refractivity contribution is -0.140. The van der Waals surface area contributed by atoms with Crippen LogP contribution in [0.4, 0.5) is 0 Å². The van der Waals surface area contributed by atoms with Gasteiger partial charge in [-0.1, -0.05) is 36.4 Å². The van der Waals surface area contributed by atoms with Crippen LogP contribution in [0.1, 0.15) is 29.8 Å². The summed E-state index contributed by atoms with van der Waals surface area (Å²) < 4.78 is 5.37. The molecule has 0 fully saturated rings. The lowest BCUT2D eigenvalue weighted by Crippen LogP contribution is -2.49. The Labute approximate surface area is 142 Å². The fourth-order valence-electron chi connectivity index (χ4n) is 2.06. The van der Waals surface area contributed by atoms with Crippen LogP contribution in [0.3, 0.4) is 0 Å². The van der Waals surface area contributed by atoms with Crippen LogP contribution in [-0.4, -0.2) is 23.8 Å². The van der Waals surface area contributed by atoms with E-state index in [0.29, 0.717) is 23.4 Å². The summed E-state index contributed by atoms with van der Waals surface area (Å²) >= 11 is 0. The maximum absolute atomic E-state index is 12.3. The van der Waals surface area contributed by atoms with Crippen LogP contribution in [0, 0.1) is 0 Å². The number of hydrogen-bond acceptors (Lipinski definition) is 4. The van der Waals surface area contributed by atoms with Gasteiger partial charge in [0.2, 0.25) is 0 Å². The van der Waals surface area contributed by atoms with E-state index in [-0.39, 0.29) is 5.78 Å². The first-order chi connectivity index (χ1) is 11.4. The van der Waals surface area contributed by atoms with Gasteiger partial charge >= 0.3 is 5.97 Å². The van der Waals surface area contributed by atoms with Gasteiger partial charge in [0.15, 0.2) is 5.78 Å². The molecule has 24 heavy (non-hydrogen) atoms. The van der Waals surface area contributed by atoms with Crippen LogP contribution < -0.4 is 10.1 Å². The summed E-state index contributed by atoms with van der Waals surface area (Å²) in [5, 5.41) is 3.03. The number of benzene rings is 2. The third-order valence-corrected chi connectivity index (χ3v) is 3.56. The lowest BCUT2D eigenvalue weighted by Gasteiger charge is -2.23. The Morgan fingerprint density at radius 1 is 1.04 bits per heavy atom. The number of rotatable bonds is 7. The van der Waals surface area contributed by atoms with Crippen LogP contribution >= 0.6 is 0 Å². The molecule has 0 aliphatic heterocycles. The van der Waals surface area contributed by atoms with Gasteiger partial charge in [-0.25, -0.2) is 4.79 Å². The van der Waals surface area contributed by atoms with Crippen LogP contribution in [0.25, 0.3) is 0 Å². The van der Waals surface area contributed by atoms with Gasteiger partial charge in [0, 0.05) is 17.7 Å². The second-order valence-electron chi connectivity index (χ2n) is 5.90. The van der Waals surface area contributed by atoms with E-state index in [1.165, 1.54) is 0 Å². The van der Waals surface area contributed by atoms with E-state index in [1.54, 1.807) is 56.3 Å². The van der Waals surface area contributed by atoms with Crippen molar-refractivity contribution in [2.45, 2.75) is 19.4 Å². The minimum atomic E-state index is -0.827. The number of ether oxygens (including phenoxy) is 1. The smallest absolute Gasteiger partial charge is 0.331 e. The van der Waals surface area contributed by atoms with Gasteiger partial charge in [0.1, 0.15) is 11.3 Å². The first-order valence-corrected chi connectivity index (χ1v) is 7.72. The Morgan fingerprint density at radius 3 is 2.21 bits per heavy atom. The van der Waals surface area contributed by atoms with E-state index in [9.17, 15) is 9.59 Å². The predicted octanol–water partition coefficient (Wildman–Crippen LogP) is 3.38. The van der Waals surface area contributed by atoms with Crippen molar-refractivity contribution >= 4 is 11.8 Å². The topological polar surface area (TPSA) is 55.4 Å². The zero-order valence-corrected chi connectivity index (χ0v) is 13.9. The number of nitrogens with one attached hydrogen (secondary N) is 1. The summed E-state index contributed by atoms with van der Waals surface area (Å²) in [5.74, 6) is -0.0639. The van der Waals surface area contributed by atoms with Crippen molar-refractivity contribution in [1.82, 2.24) is 5.32 Å². The number of carbonyl (C=O) groups is 2. The Bertz CT molecular complexity index is 718. The number of ketones is 1. The van der Waals surface area contributed by atoms with E-state index in [4.69, 9.17) is 4.74 Å². The summed E-state index contributed by atoms with van der Waals surface area (Å²) in [4.78, 5) is 24.5. The van der Waals surface area contributed by atoms with E-state index < -0.39 is 11.5 Å². The molecule has 2 aromatic rings. The Kier molecular flexibility index (Phi) is 5.66. The van der Waals surface area contributed by atoms with Gasteiger partial charge in [-0.15, -0.1) is 6.58 Å². The standard InChI is InChI=1S/C20H21NO3/c1-4-14-21-20(2,3)19(23)24-17-12-10-16(11-13-17)18(22)15-8-6-5-7-9-15/h4-13,21H,1,14H2,2-3H3. The minimum Gasteiger partial charge on any atom is -0.425 e. The van der Waals surface area contributed by atoms with Crippen LogP contribution in [-0.2, 0) is 4.79 Å². The number of esters is 1. The molecule has 124 valence electrons. The summed E-state index contributed by atoms with van der Waals surface area (Å²) in [6.07, 6.45) is 1.68. The molecule has 0 aliphatic carbocycles. The normalized spacial score (nSPS) is 10.9. The summed E-state index contributed by atoms with van der Waals surface area (Å²) in [6, 6.07) is 15.6. The first kappa shape index (κ1) is 17.6. The molecule has 0 radical (unpaired) electrons. The van der Waals surface area contributed by atoms with Crippen molar-refractivity contribution in [1.29, 1.82) is 0 Å². The monoisotopic (exact) mass is 323 g/mol. The Morgan fingerprint density at radius 2 is 1.62 bits per heavy atom. The molecule has 0 unspecified atom stereocenters. The zero-order valence-electron chi connectivity index (χ0n) is 13.9. The third kappa shape index (κ3) is 4.40. The Hall–Kier alpha value is -2.72. The largest absolute Gasteiger partial charge is 0.425 e. The van der Waals surface area contributed by atoms with Crippen molar-refractivity contribution in [3.8, 4) is 5.75 Å². The second-order valence-corrected chi connectivity index (χ2v) is 5.90. The quantitative estimate of drug-likeness (QED) is 0.367. The molecule has 4 nitrogen and oxygen atoms in total. The molecule has 0 saturated heterocycles. The molecule has 4 heteroatoms. The summed E-state index contributed by atoms with van der Waals surface area (Å²) in [7, 11) is 0. The molecular weight excluding hydrogens is 302 g/mol. The first-order valence-electron chi connectivity index (χ1n) is 7.72. The van der Waals surface area contributed by atoms with Gasteiger partial charge < -0.3 is 4.74 Å². The third-order valence-electron chi connectivity index (χ3n) is 3.56. The van der Waals surface area contributed by atoms with E-state index >= 15 is 0 Å². The highest BCUT2D eigenvalue weighted by Crippen LogP contribution is 2.17. The average Bonchev–Trinajstić information content (AvgIpc) is 2.60. The maximum atomic E-state index is 12.3. The molecule has 0 bridgehead atoms. The highest BCUT2D eigenvalue weighted by molar-refractivity contribution is 6.09. The SMILES string of the molecule is C=CCNC(C)(C)C(=O)Oc1ccc(C(=O)c2ccccc2)cc1. The highest BCUT2D eigenvalue weighted by Gasteiger charge is 2.28. The van der Waals surface area contributed by atoms with Crippen LogP contribution in [0.15, 0.2) is 67.3 Å². The summed E-state index contributed by atoms with van der Waals surface area (Å²) in [6.45, 7) is 7.60. The number of hydrogen-bond donors (Lipinski definition) is 1.